The fraction of sp³-hybridized carbons (Fsp3) is 0.909. The summed E-state index contributed by atoms with van der Waals surface area (Å²) in [6.07, 6.45) is 12.4. The van der Waals surface area contributed by atoms with Crippen molar-refractivity contribution in [3.05, 3.63) is 0 Å². The molecule has 2 aliphatic carbocycles. The third kappa shape index (κ3) is 10.2. The summed E-state index contributed by atoms with van der Waals surface area (Å²) in [5, 5.41) is 17.1. The van der Waals surface area contributed by atoms with E-state index in [-0.39, 0.29) is 0 Å². The van der Waals surface area contributed by atoms with Gasteiger partial charge in [-0.1, -0.05) is 27.7 Å². The zero-order valence-electron chi connectivity index (χ0n) is 17.4. The van der Waals surface area contributed by atoms with E-state index in [2.05, 4.69) is 27.7 Å². The Kier molecular flexibility index (Phi) is 9.12. The third-order valence-corrected chi connectivity index (χ3v) is 6.45. The lowest BCUT2D eigenvalue weighted by Crippen LogP contribution is -2.21. The average Bonchev–Trinajstić information content (AvgIpc) is 2.53. The summed E-state index contributed by atoms with van der Waals surface area (Å²) in [6.45, 7) is 9.22. The van der Waals surface area contributed by atoms with Crippen LogP contribution in [0.1, 0.15) is 105 Å². The SMILES string of the molecule is CC1(C)CCC(CCC(=O)O)CC1.CC1(C)CCC(CCC(=O)O)CC1. The molecule has 0 aliphatic heterocycles. The van der Waals surface area contributed by atoms with Crippen LogP contribution in [-0.4, -0.2) is 22.2 Å². The van der Waals surface area contributed by atoms with Crippen molar-refractivity contribution in [1.29, 1.82) is 0 Å². The van der Waals surface area contributed by atoms with Gasteiger partial charge in [-0.15, -0.1) is 0 Å². The Morgan fingerprint density at radius 2 is 0.962 bits per heavy atom. The quantitative estimate of drug-likeness (QED) is 0.591. The minimum atomic E-state index is -0.648. The first-order valence-corrected chi connectivity index (χ1v) is 10.4. The summed E-state index contributed by atoms with van der Waals surface area (Å²) in [4.78, 5) is 20.7. The molecule has 4 nitrogen and oxygen atoms in total. The molecule has 0 heterocycles. The van der Waals surface area contributed by atoms with E-state index in [1.54, 1.807) is 0 Å². The van der Waals surface area contributed by atoms with Gasteiger partial charge in [-0.25, -0.2) is 0 Å². The van der Waals surface area contributed by atoms with Crippen LogP contribution >= 0.6 is 0 Å². The second-order valence-corrected chi connectivity index (χ2v) is 10.1. The van der Waals surface area contributed by atoms with Gasteiger partial charge >= 0.3 is 11.9 Å². The molecule has 2 saturated carbocycles. The molecular weight excluding hydrogens is 328 g/mol. The van der Waals surface area contributed by atoms with Gasteiger partial charge in [0, 0.05) is 12.8 Å². The third-order valence-electron chi connectivity index (χ3n) is 6.45. The van der Waals surface area contributed by atoms with E-state index < -0.39 is 11.9 Å². The van der Waals surface area contributed by atoms with Crippen molar-refractivity contribution in [1.82, 2.24) is 0 Å². The lowest BCUT2D eigenvalue weighted by Gasteiger charge is -2.34. The van der Waals surface area contributed by atoms with Crippen molar-refractivity contribution in [3.8, 4) is 0 Å². The number of aliphatic carboxylic acids is 2. The van der Waals surface area contributed by atoms with Gasteiger partial charge in [0.1, 0.15) is 0 Å². The topological polar surface area (TPSA) is 74.6 Å². The van der Waals surface area contributed by atoms with Crippen molar-refractivity contribution >= 4 is 11.9 Å². The fourth-order valence-corrected chi connectivity index (χ4v) is 4.15. The van der Waals surface area contributed by atoms with Crippen molar-refractivity contribution in [2.45, 2.75) is 105 Å². The second kappa shape index (κ2) is 10.3. The molecule has 0 saturated heterocycles. The maximum Gasteiger partial charge on any atom is 0.303 e. The monoisotopic (exact) mass is 368 g/mol. The number of hydrogen-bond acceptors (Lipinski definition) is 2. The number of carboxylic acid groups (broad SMARTS) is 2. The Hall–Kier alpha value is -1.06. The lowest BCUT2D eigenvalue weighted by molar-refractivity contribution is -0.138. The van der Waals surface area contributed by atoms with Gasteiger partial charge in [-0.2, -0.15) is 0 Å². The minimum absolute atomic E-state index is 0.352. The maximum atomic E-state index is 10.4. The molecule has 2 aliphatic rings. The number of hydrogen-bond donors (Lipinski definition) is 2. The lowest BCUT2D eigenvalue weighted by atomic mass is 9.72. The van der Waals surface area contributed by atoms with Crippen LogP contribution in [-0.2, 0) is 9.59 Å². The summed E-state index contributed by atoms with van der Waals surface area (Å²) < 4.78 is 0. The van der Waals surface area contributed by atoms with E-state index in [1.807, 2.05) is 0 Å². The van der Waals surface area contributed by atoms with E-state index in [0.29, 0.717) is 35.5 Å². The van der Waals surface area contributed by atoms with E-state index in [0.717, 1.165) is 12.8 Å². The van der Waals surface area contributed by atoms with Gasteiger partial charge in [-0.3, -0.25) is 9.59 Å². The van der Waals surface area contributed by atoms with Crippen LogP contribution in [0.25, 0.3) is 0 Å². The minimum Gasteiger partial charge on any atom is -0.481 e. The summed E-state index contributed by atoms with van der Waals surface area (Å²) in [6, 6.07) is 0. The normalized spacial score (nSPS) is 22.9. The summed E-state index contributed by atoms with van der Waals surface area (Å²) in [5.41, 5.74) is 0.999. The average molecular weight is 369 g/mol. The molecule has 4 heteroatoms. The molecule has 2 fully saturated rings. The van der Waals surface area contributed by atoms with Crippen LogP contribution in [0.2, 0.25) is 0 Å². The highest BCUT2D eigenvalue weighted by molar-refractivity contribution is 5.66. The van der Waals surface area contributed by atoms with Gasteiger partial charge in [0.05, 0.1) is 0 Å². The van der Waals surface area contributed by atoms with Crippen LogP contribution in [0.4, 0.5) is 0 Å². The zero-order chi connectivity index (χ0) is 19.8. The Morgan fingerprint density at radius 3 is 1.19 bits per heavy atom. The van der Waals surface area contributed by atoms with Crippen LogP contribution < -0.4 is 0 Å². The van der Waals surface area contributed by atoms with Crippen molar-refractivity contribution < 1.29 is 19.8 Å². The van der Waals surface area contributed by atoms with Crippen LogP contribution in [0.5, 0.6) is 0 Å². The molecule has 0 atom stereocenters. The summed E-state index contributed by atoms with van der Waals surface area (Å²) in [7, 11) is 0. The molecule has 152 valence electrons. The molecule has 0 aromatic carbocycles. The number of rotatable bonds is 6. The first-order valence-electron chi connectivity index (χ1n) is 10.4. The highest BCUT2D eigenvalue weighted by Gasteiger charge is 2.27. The molecule has 2 rings (SSSR count). The Labute approximate surface area is 159 Å². The molecule has 0 radical (unpaired) electrons. The number of carbonyl (C=O) groups is 2. The maximum absolute atomic E-state index is 10.4. The van der Waals surface area contributed by atoms with Crippen LogP contribution in [0.3, 0.4) is 0 Å². The van der Waals surface area contributed by atoms with Crippen molar-refractivity contribution in [2.24, 2.45) is 22.7 Å². The van der Waals surface area contributed by atoms with Crippen LogP contribution in [0.15, 0.2) is 0 Å². The van der Waals surface area contributed by atoms with Gasteiger partial charge in [0.2, 0.25) is 0 Å². The fourth-order valence-electron chi connectivity index (χ4n) is 4.15. The van der Waals surface area contributed by atoms with Gasteiger partial charge in [-0.05, 0) is 86.9 Å². The largest absolute Gasteiger partial charge is 0.481 e. The van der Waals surface area contributed by atoms with E-state index >= 15 is 0 Å². The predicted molar refractivity (Wildman–Crippen MR) is 105 cm³/mol. The molecular formula is C22H40O4. The van der Waals surface area contributed by atoms with Crippen molar-refractivity contribution in [2.75, 3.05) is 0 Å². The molecule has 26 heavy (non-hydrogen) atoms. The van der Waals surface area contributed by atoms with E-state index in [4.69, 9.17) is 10.2 Å². The highest BCUT2D eigenvalue weighted by Crippen LogP contribution is 2.40. The Balaban J connectivity index is 0.000000260. The molecule has 0 aromatic heterocycles. The first kappa shape index (κ1) is 23.0. The molecule has 0 aromatic rings. The smallest absolute Gasteiger partial charge is 0.303 e. The Bertz CT molecular complexity index is 391. The van der Waals surface area contributed by atoms with E-state index in [1.165, 1.54) is 51.4 Å². The molecule has 0 amide bonds. The summed E-state index contributed by atoms with van der Waals surface area (Å²) in [5.74, 6) is 0.0444. The van der Waals surface area contributed by atoms with Gasteiger partial charge < -0.3 is 10.2 Å². The molecule has 2 N–H and O–H groups in total. The second-order valence-electron chi connectivity index (χ2n) is 10.1. The molecule has 0 spiro atoms. The van der Waals surface area contributed by atoms with Gasteiger partial charge in [0.15, 0.2) is 0 Å². The van der Waals surface area contributed by atoms with E-state index in [9.17, 15) is 9.59 Å². The van der Waals surface area contributed by atoms with Gasteiger partial charge in [0.25, 0.3) is 0 Å². The molecule has 0 unspecified atom stereocenters. The summed E-state index contributed by atoms with van der Waals surface area (Å²) >= 11 is 0. The predicted octanol–water partition coefficient (Wildman–Crippen LogP) is 6.14. The zero-order valence-corrected chi connectivity index (χ0v) is 17.4. The Morgan fingerprint density at radius 1 is 0.692 bits per heavy atom. The first-order chi connectivity index (χ1) is 12.0. The highest BCUT2D eigenvalue weighted by atomic mass is 16.4. The van der Waals surface area contributed by atoms with Crippen molar-refractivity contribution in [3.63, 3.8) is 0 Å². The number of carboxylic acids is 2. The molecule has 0 bridgehead atoms. The standard InChI is InChI=1S/2C11H20O2/c2*1-11(2)7-5-9(6-8-11)3-4-10(12)13/h2*9H,3-8H2,1-2H3,(H,12,13). The van der Waals surface area contributed by atoms with Crippen LogP contribution in [0, 0.1) is 22.7 Å².